The Kier molecular flexibility index (Phi) is 5.12. The molecular formula is C20H20N2O5. The number of H-pyrrole nitrogens is 1. The highest BCUT2D eigenvalue weighted by atomic mass is 16.5. The van der Waals surface area contributed by atoms with Crippen molar-refractivity contribution in [2.45, 2.75) is 12.5 Å². The van der Waals surface area contributed by atoms with Crippen LogP contribution in [0.2, 0.25) is 0 Å². The minimum Gasteiger partial charge on any atom is -0.466 e. The van der Waals surface area contributed by atoms with Crippen molar-refractivity contribution in [2.75, 3.05) is 21.3 Å². The molecule has 1 N–H and O–H groups in total. The van der Waals surface area contributed by atoms with Gasteiger partial charge in [-0.2, -0.15) is 0 Å². The van der Waals surface area contributed by atoms with Crippen LogP contribution < -0.4 is 0 Å². The maximum Gasteiger partial charge on any atom is 0.339 e. The number of Topliss-reactive ketones (excluding diaryl/α,β-unsaturated/α-hetero) is 1. The number of fused-ring (bicyclic) bond motifs is 1. The van der Waals surface area contributed by atoms with E-state index in [-0.39, 0.29) is 23.4 Å². The molecule has 0 spiro atoms. The second-order valence-corrected chi connectivity index (χ2v) is 6.25. The van der Waals surface area contributed by atoms with Gasteiger partial charge in [-0.05, 0) is 18.2 Å². The first-order valence-electron chi connectivity index (χ1n) is 8.37. The SMILES string of the molecule is COC(=O)C1=CN(C)C(CC(=O)c2cc3ccccc3[nH]2)C(C(=O)OC)=C1. The Hall–Kier alpha value is -3.35. The lowest BCUT2D eigenvalue weighted by atomic mass is 9.94. The summed E-state index contributed by atoms with van der Waals surface area (Å²) < 4.78 is 9.55. The zero-order valence-corrected chi connectivity index (χ0v) is 15.3. The van der Waals surface area contributed by atoms with Gasteiger partial charge >= 0.3 is 11.9 Å². The smallest absolute Gasteiger partial charge is 0.339 e. The predicted molar refractivity (Wildman–Crippen MR) is 99.0 cm³/mol. The molecule has 1 aromatic carbocycles. The Morgan fingerprint density at radius 2 is 1.81 bits per heavy atom. The molecule has 2 aromatic rings. The molecule has 0 saturated carbocycles. The number of likely N-dealkylation sites (N-methyl/N-ethyl adjacent to an activating group) is 1. The molecule has 1 aliphatic heterocycles. The number of aromatic nitrogens is 1. The Morgan fingerprint density at radius 3 is 2.48 bits per heavy atom. The molecule has 3 rings (SSSR count). The van der Waals surface area contributed by atoms with Gasteiger partial charge < -0.3 is 19.4 Å². The number of hydrogen-bond acceptors (Lipinski definition) is 6. The van der Waals surface area contributed by atoms with E-state index < -0.39 is 18.0 Å². The highest BCUT2D eigenvalue weighted by molar-refractivity contribution is 6.02. The summed E-state index contributed by atoms with van der Waals surface area (Å²) in [5.41, 5.74) is 1.79. The van der Waals surface area contributed by atoms with E-state index >= 15 is 0 Å². The molecule has 1 aliphatic rings. The van der Waals surface area contributed by atoms with Gasteiger partial charge in [-0.25, -0.2) is 9.59 Å². The summed E-state index contributed by atoms with van der Waals surface area (Å²) in [5.74, 6) is -1.30. The van der Waals surface area contributed by atoms with E-state index in [1.807, 2.05) is 24.3 Å². The van der Waals surface area contributed by atoms with Gasteiger partial charge in [-0.15, -0.1) is 0 Å². The molecule has 1 atom stereocenters. The summed E-state index contributed by atoms with van der Waals surface area (Å²) in [6.45, 7) is 0. The molecule has 0 aliphatic carbocycles. The number of rotatable bonds is 5. The molecule has 2 heterocycles. The first kappa shape index (κ1) is 18.4. The third kappa shape index (κ3) is 3.62. The van der Waals surface area contributed by atoms with Crippen LogP contribution in [0.1, 0.15) is 16.9 Å². The van der Waals surface area contributed by atoms with Crippen LogP contribution in [-0.2, 0) is 19.1 Å². The van der Waals surface area contributed by atoms with Gasteiger partial charge in [0, 0.05) is 30.6 Å². The molecule has 0 radical (unpaired) electrons. The minimum absolute atomic E-state index is 0.0508. The minimum atomic E-state index is -0.592. The number of para-hydroxylation sites is 1. The van der Waals surface area contributed by atoms with Gasteiger partial charge in [0.1, 0.15) is 0 Å². The summed E-state index contributed by atoms with van der Waals surface area (Å²) in [6, 6.07) is 8.84. The van der Waals surface area contributed by atoms with Crippen molar-refractivity contribution >= 4 is 28.6 Å². The Balaban J connectivity index is 1.88. The van der Waals surface area contributed by atoms with Crippen LogP contribution in [0.15, 0.2) is 53.8 Å². The van der Waals surface area contributed by atoms with Crippen LogP contribution in [-0.4, -0.2) is 54.9 Å². The van der Waals surface area contributed by atoms with Crippen molar-refractivity contribution in [1.29, 1.82) is 0 Å². The molecule has 0 fully saturated rings. The highest BCUT2D eigenvalue weighted by Crippen LogP contribution is 2.26. The first-order chi connectivity index (χ1) is 12.9. The average molecular weight is 368 g/mol. The number of ether oxygens (including phenoxy) is 2. The number of benzene rings is 1. The molecule has 0 amide bonds. The van der Waals surface area contributed by atoms with Crippen molar-refractivity contribution < 1.29 is 23.9 Å². The Bertz CT molecular complexity index is 937. The summed E-state index contributed by atoms with van der Waals surface area (Å²) in [7, 11) is 4.22. The number of carbonyl (C=O) groups is 3. The van der Waals surface area contributed by atoms with Crippen LogP contribution in [0.4, 0.5) is 0 Å². The number of nitrogens with zero attached hydrogens (tertiary/aromatic N) is 1. The fourth-order valence-electron chi connectivity index (χ4n) is 3.14. The maximum atomic E-state index is 12.8. The number of carbonyl (C=O) groups excluding carboxylic acids is 3. The Labute approximate surface area is 156 Å². The predicted octanol–water partition coefficient (Wildman–Crippen LogP) is 2.21. The second-order valence-electron chi connectivity index (χ2n) is 6.25. The van der Waals surface area contributed by atoms with Crippen LogP contribution >= 0.6 is 0 Å². The van der Waals surface area contributed by atoms with Crippen molar-refractivity contribution in [1.82, 2.24) is 9.88 Å². The number of aromatic amines is 1. The monoisotopic (exact) mass is 368 g/mol. The molecule has 7 heteroatoms. The van der Waals surface area contributed by atoms with Gasteiger partial charge in [0.05, 0.1) is 37.1 Å². The van der Waals surface area contributed by atoms with Crippen molar-refractivity contribution in [3.8, 4) is 0 Å². The number of ketones is 1. The summed E-state index contributed by atoms with van der Waals surface area (Å²) in [5, 5.41) is 0.939. The van der Waals surface area contributed by atoms with Crippen LogP contribution in [0, 0.1) is 0 Å². The summed E-state index contributed by atoms with van der Waals surface area (Å²) in [6.07, 6.45) is 3.03. The van der Waals surface area contributed by atoms with Crippen LogP contribution in [0.3, 0.4) is 0 Å². The normalized spacial score (nSPS) is 16.6. The van der Waals surface area contributed by atoms with Gasteiger partial charge in [-0.1, -0.05) is 18.2 Å². The van der Waals surface area contributed by atoms with E-state index in [1.54, 1.807) is 24.2 Å². The van der Waals surface area contributed by atoms with Crippen molar-refractivity contribution in [3.05, 3.63) is 59.4 Å². The van der Waals surface area contributed by atoms with Gasteiger partial charge in [0.15, 0.2) is 5.78 Å². The first-order valence-corrected chi connectivity index (χ1v) is 8.37. The lowest BCUT2D eigenvalue weighted by molar-refractivity contribution is -0.136. The van der Waals surface area contributed by atoms with E-state index in [0.29, 0.717) is 5.69 Å². The van der Waals surface area contributed by atoms with E-state index in [4.69, 9.17) is 9.47 Å². The standard InChI is InChI=1S/C20H20N2O5/c1-22-11-13(19(24)26-2)8-14(20(25)27-3)17(22)10-18(23)16-9-12-6-4-5-7-15(12)21-16/h4-9,11,17,21H,10H2,1-3H3. The van der Waals surface area contributed by atoms with Gasteiger partial charge in [-0.3, -0.25) is 4.79 Å². The quantitative estimate of drug-likeness (QED) is 0.643. The summed E-state index contributed by atoms with van der Waals surface area (Å²) in [4.78, 5) is 41.6. The van der Waals surface area contributed by atoms with Gasteiger partial charge in [0.25, 0.3) is 0 Å². The molecule has 7 nitrogen and oxygen atoms in total. The fraction of sp³-hybridized carbons (Fsp3) is 0.250. The topological polar surface area (TPSA) is 88.7 Å². The fourth-order valence-corrected chi connectivity index (χ4v) is 3.14. The molecule has 1 unspecified atom stereocenters. The molecule has 0 bridgehead atoms. The highest BCUT2D eigenvalue weighted by Gasteiger charge is 2.32. The molecule has 0 saturated heterocycles. The van der Waals surface area contributed by atoms with E-state index in [2.05, 4.69) is 4.98 Å². The van der Waals surface area contributed by atoms with Crippen molar-refractivity contribution in [2.24, 2.45) is 0 Å². The average Bonchev–Trinajstić information content (AvgIpc) is 3.12. The van der Waals surface area contributed by atoms with E-state index in [1.165, 1.54) is 20.3 Å². The maximum absolute atomic E-state index is 12.8. The molecular weight excluding hydrogens is 348 g/mol. The summed E-state index contributed by atoms with van der Waals surface area (Å²) >= 11 is 0. The third-order valence-electron chi connectivity index (χ3n) is 4.56. The second kappa shape index (κ2) is 7.49. The zero-order chi connectivity index (χ0) is 19.6. The molecule has 1 aromatic heterocycles. The number of methoxy groups -OCH3 is 2. The van der Waals surface area contributed by atoms with Crippen LogP contribution in [0.5, 0.6) is 0 Å². The van der Waals surface area contributed by atoms with Crippen LogP contribution in [0.25, 0.3) is 10.9 Å². The number of hydrogen-bond donors (Lipinski definition) is 1. The lowest BCUT2D eigenvalue weighted by Crippen LogP contribution is -2.38. The number of esters is 2. The largest absolute Gasteiger partial charge is 0.466 e. The van der Waals surface area contributed by atoms with Crippen molar-refractivity contribution in [3.63, 3.8) is 0 Å². The lowest BCUT2D eigenvalue weighted by Gasteiger charge is -2.31. The molecule has 140 valence electrons. The number of nitrogens with one attached hydrogen (secondary N) is 1. The van der Waals surface area contributed by atoms with E-state index in [9.17, 15) is 14.4 Å². The van der Waals surface area contributed by atoms with Gasteiger partial charge in [0.2, 0.25) is 0 Å². The third-order valence-corrected chi connectivity index (χ3v) is 4.56. The molecule has 27 heavy (non-hydrogen) atoms. The zero-order valence-electron chi connectivity index (χ0n) is 15.3. The Morgan fingerprint density at radius 1 is 1.11 bits per heavy atom. The van der Waals surface area contributed by atoms with E-state index in [0.717, 1.165) is 10.9 Å².